The number of hydrogen-bond donors (Lipinski definition) is 0. The van der Waals surface area contributed by atoms with Gasteiger partial charge in [0, 0.05) is 4.88 Å². The minimum Gasteiger partial charge on any atom is -0.373 e. The van der Waals surface area contributed by atoms with Gasteiger partial charge >= 0.3 is 0 Å². The van der Waals surface area contributed by atoms with Crippen LogP contribution in [0.5, 0.6) is 0 Å². The summed E-state index contributed by atoms with van der Waals surface area (Å²) in [5.41, 5.74) is 2.96. The molecule has 1 fully saturated rings. The molecule has 0 amide bonds. The second kappa shape index (κ2) is 4.56. The number of allylic oxidation sites excluding steroid dienone is 1. The van der Waals surface area contributed by atoms with Crippen LogP contribution in [-0.2, 0) is 4.74 Å². The lowest BCUT2D eigenvalue weighted by Gasteiger charge is -2.31. The Morgan fingerprint density at radius 2 is 2.44 bits per heavy atom. The molecule has 1 aliphatic carbocycles. The molecule has 3 rings (SSSR count). The van der Waals surface area contributed by atoms with E-state index in [0.717, 1.165) is 13.0 Å². The van der Waals surface area contributed by atoms with Crippen LogP contribution >= 0.6 is 11.3 Å². The predicted molar refractivity (Wildman–Crippen MR) is 68.6 cm³/mol. The maximum atomic E-state index is 5.83. The molecule has 1 atom stereocenters. The average Bonchev–Trinajstić information content (AvgIpc) is 2.82. The Hall–Kier alpha value is -0.860. The minimum absolute atomic E-state index is 0.383. The Labute approximate surface area is 100 Å². The summed E-state index contributed by atoms with van der Waals surface area (Å²) in [4.78, 5) is 1.36. The molecule has 0 saturated carbocycles. The molecule has 0 radical (unpaired) electrons. The lowest BCUT2D eigenvalue weighted by molar-refractivity contribution is 0.0570. The van der Waals surface area contributed by atoms with Crippen LogP contribution in [0.1, 0.15) is 30.6 Å². The molecule has 0 N–H and O–H groups in total. The van der Waals surface area contributed by atoms with Crippen molar-refractivity contribution in [2.24, 2.45) is 0 Å². The van der Waals surface area contributed by atoms with Gasteiger partial charge in [-0.15, -0.1) is 11.3 Å². The van der Waals surface area contributed by atoms with Crippen molar-refractivity contribution in [2.45, 2.75) is 31.8 Å². The van der Waals surface area contributed by atoms with Crippen LogP contribution in [0.4, 0.5) is 0 Å². The van der Waals surface area contributed by atoms with Crippen molar-refractivity contribution >= 4 is 17.4 Å². The predicted octanol–water partition coefficient (Wildman–Crippen LogP) is 4.03. The lowest BCUT2D eigenvalue weighted by atomic mass is 9.87. The third kappa shape index (κ3) is 2.00. The normalized spacial score (nSPS) is 27.6. The van der Waals surface area contributed by atoms with E-state index in [4.69, 9.17) is 4.74 Å². The molecule has 0 bridgehead atoms. The Morgan fingerprint density at radius 3 is 3.31 bits per heavy atom. The zero-order valence-corrected chi connectivity index (χ0v) is 10.1. The van der Waals surface area contributed by atoms with Crippen molar-refractivity contribution in [3.05, 3.63) is 39.6 Å². The number of fused-ring (bicyclic) bond motifs is 1. The summed E-state index contributed by atoms with van der Waals surface area (Å²) in [6.45, 7) is 0.888. The summed E-state index contributed by atoms with van der Waals surface area (Å²) in [7, 11) is 0. The molecule has 2 heteroatoms. The van der Waals surface area contributed by atoms with Crippen LogP contribution < -0.4 is 0 Å². The highest BCUT2D eigenvalue weighted by Crippen LogP contribution is 2.34. The lowest BCUT2D eigenvalue weighted by Crippen LogP contribution is -2.25. The molecular weight excluding hydrogens is 216 g/mol. The summed E-state index contributed by atoms with van der Waals surface area (Å²) in [5.74, 6) is 0. The first-order valence-electron chi connectivity index (χ1n) is 5.99. The van der Waals surface area contributed by atoms with Gasteiger partial charge in [-0.25, -0.2) is 0 Å². The van der Waals surface area contributed by atoms with Crippen molar-refractivity contribution in [3.63, 3.8) is 0 Å². The SMILES string of the molecule is C1=C2/C(=C\c3cccs3)CCOC2CCC1. The number of thiophene rings is 1. The first-order chi connectivity index (χ1) is 7.93. The fourth-order valence-electron chi connectivity index (χ4n) is 2.51. The van der Waals surface area contributed by atoms with Crippen LogP contribution in [0.2, 0.25) is 0 Å². The van der Waals surface area contributed by atoms with Gasteiger partial charge in [-0.1, -0.05) is 12.1 Å². The van der Waals surface area contributed by atoms with Gasteiger partial charge in [0.05, 0.1) is 12.7 Å². The standard InChI is InChI=1S/C14H16OS/c1-2-6-14-13(5-1)11(7-8-15-14)10-12-4-3-9-16-12/h3-5,9-10,14H,1-2,6-8H2/b11-10-. The highest BCUT2D eigenvalue weighted by atomic mass is 32.1. The van der Waals surface area contributed by atoms with Crippen molar-refractivity contribution in [1.29, 1.82) is 0 Å². The second-order valence-electron chi connectivity index (χ2n) is 4.38. The van der Waals surface area contributed by atoms with E-state index in [9.17, 15) is 0 Å². The first kappa shape index (κ1) is 10.3. The third-order valence-electron chi connectivity index (χ3n) is 3.30. The third-order valence-corrected chi connectivity index (χ3v) is 4.12. The number of hydrogen-bond acceptors (Lipinski definition) is 2. The Morgan fingerprint density at radius 1 is 1.44 bits per heavy atom. The molecule has 1 aliphatic heterocycles. The highest BCUT2D eigenvalue weighted by molar-refractivity contribution is 7.10. The van der Waals surface area contributed by atoms with Gasteiger partial charge in [-0.05, 0) is 54.4 Å². The topological polar surface area (TPSA) is 9.23 Å². The van der Waals surface area contributed by atoms with Crippen molar-refractivity contribution in [3.8, 4) is 0 Å². The van der Waals surface area contributed by atoms with E-state index < -0.39 is 0 Å². The molecule has 1 unspecified atom stereocenters. The summed E-state index contributed by atoms with van der Waals surface area (Å²) >= 11 is 1.81. The van der Waals surface area contributed by atoms with Gasteiger partial charge in [-0.3, -0.25) is 0 Å². The van der Waals surface area contributed by atoms with Crippen LogP contribution in [0, 0.1) is 0 Å². The van der Waals surface area contributed by atoms with Crippen molar-refractivity contribution in [2.75, 3.05) is 6.61 Å². The first-order valence-corrected chi connectivity index (χ1v) is 6.87. The Balaban J connectivity index is 1.91. The van der Waals surface area contributed by atoms with Crippen LogP contribution in [0.15, 0.2) is 34.7 Å². The fraction of sp³-hybridized carbons (Fsp3) is 0.429. The smallest absolute Gasteiger partial charge is 0.0824 e. The van der Waals surface area contributed by atoms with Gasteiger partial charge in [0.25, 0.3) is 0 Å². The van der Waals surface area contributed by atoms with Gasteiger partial charge in [0.1, 0.15) is 0 Å². The summed E-state index contributed by atoms with van der Waals surface area (Å²) in [6.07, 6.45) is 9.88. The summed E-state index contributed by atoms with van der Waals surface area (Å²) in [5, 5.41) is 2.14. The van der Waals surface area contributed by atoms with Crippen LogP contribution in [-0.4, -0.2) is 12.7 Å². The van der Waals surface area contributed by atoms with Gasteiger partial charge in [0.2, 0.25) is 0 Å². The molecule has 2 aliphatic rings. The largest absolute Gasteiger partial charge is 0.373 e. The molecule has 1 aromatic heterocycles. The molecule has 1 aromatic rings. The highest BCUT2D eigenvalue weighted by Gasteiger charge is 2.25. The van der Waals surface area contributed by atoms with E-state index in [0.29, 0.717) is 6.10 Å². The zero-order chi connectivity index (χ0) is 10.8. The van der Waals surface area contributed by atoms with Gasteiger partial charge in [0.15, 0.2) is 0 Å². The molecule has 2 heterocycles. The molecule has 1 saturated heterocycles. The fourth-order valence-corrected chi connectivity index (χ4v) is 3.20. The summed E-state index contributed by atoms with van der Waals surface area (Å²) in [6, 6.07) is 4.30. The molecule has 84 valence electrons. The molecular formula is C14H16OS. The maximum absolute atomic E-state index is 5.83. The van der Waals surface area contributed by atoms with E-state index in [1.165, 1.54) is 35.3 Å². The minimum atomic E-state index is 0.383. The van der Waals surface area contributed by atoms with Crippen LogP contribution in [0.25, 0.3) is 6.08 Å². The van der Waals surface area contributed by atoms with E-state index in [1.54, 1.807) is 0 Å². The van der Waals surface area contributed by atoms with Gasteiger partial charge < -0.3 is 4.74 Å². The van der Waals surface area contributed by atoms with Gasteiger partial charge in [-0.2, -0.15) is 0 Å². The van der Waals surface area contributed by atoms with E-state index in [-0.39, 0.29) is 0 Å². The second-order valence-corrected chi connectivity index (χ2v) is 5.36. The number of ether oxygens (including phenoxy) is 1. The van der Waals surface area contributed by atoms with Crippen molar-refractivity contribution in [1.82, 2.24) is 0 Å². The summed E-state index contributed by atoms with van der Waals surface area (Å²) < 4.78 is 5.83. The van der Waals surface area contributed by atoms with Crippen molar-refractivity contribution < 1.29 is 4.74 Å². The molecule has 16 heavy (non-hydrogen) atoms. The Bertz CT molecular complexity index is 414. The molecule has 0 aromatic carbocycles. The van der Waals surface area contributed by atoms with E-state index in [1.807, 2.05) is 11.3 Å². The average molecular weight is 232 g/mol. The quantitative estimate of drug-likeness (QED) is 0.710. The Kier molecular flexibility index (Phi) is 2.94. The zero-order valence-electron chi connectivity index (χ0n) is 9.32. The molecule has 0 spiro atoms. The molecule has 1 nitrogen and oxygen atoms in total. The number of rotatable bonds is 1. The maximum Gasteiger partial charge on any atom is 0.0824 e. The van der Waals surface area contributed by atoms with E-state index in [2.05, 4.69) is 29.7 Å². The van der Waals surface area contributed by atoms with Crippen LogP contribution in [0.3, 0.4) is 0 Å². The monoisotopic (exact) mass is 232 g/mol. The van der Waals surface area contributed by atoms with E-state index >= 15 is 0 Å².